The highest BCUT2D eigenvalue weighted by Gasteiger charge is 2.23. The number of carbonyl (C=O) groups excluding carboxylic acids is 2. The van der Waals surface area contributed by atoms with Gasteiger partial charge in [-0.05, 0) is 31.2 Å². The number of ether oxygens (including phenoxy) is 2. The summed E-state index contributed by atoms with van der Waals surface area (Å²) in [6, 6.07) is 12.5. The SMILES string of the molecule is COc1ccccc1CC(=O)Nc1ccc2c(c1)NC(=O)[C@@H](C)O2. The zero-order chi connectivity index (χ0) is 17.1. The van der Waals surface area contributed by atoms with E-state index in [1.165, 1.54) is 0 Å². The van der Waals surface area contributed by atoms with Crippen molar-refractivity contribution in [2.45, 2.75) is 19.4 Å². The molecule has 1 aliphatic rings. The summed E-state index contributed by atoms with van der Waals surface area (Å²) >= 11 is 0. The minimum Gasteiger partial charge on any atom is -0.496 e. The average molecular weight is 326 g/mol. The molecule has 0 fully saturated rings. The molecule has 0 saturated heterocycles. The Morgan fingerprint density at radius 2 is 2.08 bits per heavy atom. The lowest BCUT2D eigenvalue weighted by atomic mass is 10.1. The predicted octanol–water partition coefficient (Wildman–Crippen LogP) is 2.60. The molecule has 0 aromatic heterocycles. The Bertz CT molecular complexity index is 788. The first-order valence-corrected chi connectivity index (χ1v) is 7.60. The zero-order valence-electron chi connectivity index (χ0n) is 13.5. The van der Waals surface area contributed by atoms with Gasteiger partial charge in [-0.1, -0.05) is 18.2 Å². The Hall–Kier alpha value is -3.02. The third kappa shape index (κ3) is 3.32. The third-order valence-corrected chi connectivity index (χ3v) is 3.74. The molecule has 1 atom stereocenters. The van der Waals surface area contributed by atoms with Crippen molar-refractivity contribution in [2.24, 2.45) is 0 Å². The second kappa shape index (κ2) is 6.62. The zero-order valence-corrected chi connectivity index (χ0v) is 13.5. The number of hydrogen-bond acceptors (Lipinski definition) is 4. The highest BCUT2D eigenvalue weighted by atomic mass is 16.5. The lowest BCUT2D eigenvalue weighted by Crippen LogP contribution is -2.34. The van der Waals surface area contributed by atoms with Gasteiger partial charge in [-0.25, -0.2) is 0 Å². The van der Waals surface area contributed by atoms with Gasteiger partial charge in [0.25, 0.3) is 5.91 Å². The summed E-state index contributed by atoms with van der Waals surface area (Å²) in [6.45, 7) is 1.68. The molecule has 0 bridgehead atoms. The first-order chi connectivity index (χ1) is 11.6. The van der Waals surface area contributed by atoms with Gasteiger partial charge in [0.15, 0.2) is 6.10 Å². The molecule has 2 amide bonds. The van der Waals surface area contributed by atoms with Crippen LogP contribution in [-0.4, -0.2) is 25.0 Å². The van der Waals surface area contributed by atoms with Gasteiger partial charge >= 0.3 is 0 Å². The summed E-state index contributed by atoms with van der Waals surface area (Å²) in [5.41, 5.74) is 1.95. The Morgan fingerprint density at radius 1 is 1.29 bits per heavy atom. The van der Waals surface area contributed by atoms with Gasteiger partial charge in [-0.2, -0.15) is 0 Å². The molecule has 0 aliphatic carbocycles. The van der Waals surface area contributed by atoms with E-state index in [0.717, 1.165) is 5.56 Å². The molecule has 1 heterocycles. The van der Waals surface area contributed by atoms with Crippen molar-refractivity contribution >= 4 is 23.2 Å². The summed E-state index contributed by atoms with van der Waals surface area (Å²) < 4.78 is 10.7. The van der Waals surface area contributed by atoms with Crippen molar-refractivity contribution in [3.05, 3.63) is 48.0 Å². The molecule has 2 aromatic rings. The normalized spacial score (nSPS) is 15.8. The Morgan fingerprint density at radius 3 is 2.88 bits per heavy atom. The van der Waals surface area contributed by atoms with E-state index in [2.05, 4.69) is 10.6 Å². The van der Waals surface area contributed by atoms with Crippen LogP contribution in [0.5, 0.6) is 11.5 Å². The fourth-order valence-corrected chi connectivity index (χ4v) is 2.51. The molecule has 6 nitrogen and oxygen atoms in total. The van der Waals surface area contributed by atoms with Crippen LogP contribution in [-0.2, 0) is 16.0 Å². The molecular formula is C18H18N2O4. The molecule has 24 heavy (non-hydrogen) atoms. The maximum atomic E-state index is 12.2. The largest absolute Gasteiger partial charge is 0.496 e. The van der Waals surface area contributed by atoms with Gasteiger partial charge in [0.1, 0.15) is 11.5 Å². The number of anilines is 2. The van der Waals surface area contributed by atoms with E-state index in [9.17, 15) is 9.59 Å². The van der Waals surface area contributed by atoms with Crippen molar-refractivity contribution in [3.8, 4) is 11.5 Å². The number of hydrogen-bond donors (Lipinski definition) is 2. The van der Waals surface area contributed by atoms with Crippen molar-refractivity contribution in [2.75, 3.05) is 17.7 Å². The lowest BCUT2D eigenvalue weighted by Gasteiger charge is -2.23. The minimum atomic E-state index is -0.525. The molecule has 2 aromatic carbocycles. The van der Waals surface area contributed by atoms with Gasteiger partial charge in [0.2, 0.25) is 5.91 Å². The summed E-state index contributed by atoms with van der Waals surface area (Å²) in [7, 11) is 1.57. The van der Waals surface area contributed by atoms with E-state index in [1.807, 2.05) is 24.3 Å². The monoisotopic (exact) mass is 326 g/mol. The lowest BCUT2D eigenvalue weighted by molar-refractivity contribution is -0.122. The number of carbonyl (C=O) groups is 2. The van der Waals surface area contributed by atoms with Gasteiger partial charge in [-0.3, -0.25) is 9.59 Å². The number of methoxy groups -OCH3 is 1. The number of amides is 2. The van der Waals surface area contributed by atoms with E-state index in [1.54, 1.807) is 32.2 Å². The van der Waals surface area contributed by atoms with E-state index >= 15 is 0 Å². The van der Waals surface area contributed by atoms with Gasteiger partial charge in [0.05, 0.1) is 19.2 Å². The Labute approximate surface area is 139 Å². The summed E-state index contributed by atoms with van der Waals surface area (Å²) in [6.07, 6.45) is -0.329. The summed E-state index contributed by atoms with van der Waals surface area (Å²) in [5.74, 6) is 0.883. The summed E-state index contributed by atoms with van der Waals surface area (Å²) in [4.78, 5) is 23.9. The van der Waals surface area contributed by atoms with E-state index in [0.29, 0.717) is 22.9 Å². The second-order valence-corrected chi connectivity index (χ2v) is 5.50. The molecule has 1 aliphatic heterocycles. The number of para-hydroxylation sites is 1. The fraction of sp³-hybridized carbons (Fsp3) is 0.222. The van der Waals surface area contributed by atoms with Crippen LogP contribution in [0.15, 0.2) is 42.5 Å². The smallest absolute Gasteiger partial charge is 0.265 e. The summed E-state index contributed by atoms with van der Waals surface area (Å²) in [5, 5.41) is 5.57. The first-order valence-electron chi connectivity index (χ1n) is 7.60. The molecule has 0 saturated carbocycles. The van der Waals surface area contributed by atoms with E-state index < -0.39 is 6.10 Å². The van der Waals surface area contributed by atoms with Crippen LogP contribution in [0.4, 0.5) is 11.4 Å². The van der Waals surface area contributed by atoms with Crippen LogP contribution in [0.25, 0.3) is 0 Å². The topological polar surface area (TPSA) is 76.7 Å². The first kappa shape index (κ1) is 15.9. The second-order valence-electron chi connectivity index (χ2n) is 5.50. The van der Waals surface area contributed by atoms with Crippen molar-refractivity contribution in [1.29, 1.82) is 0 Å². The molecule has 0 spiro atoms. The minimum absolute atomic E-state index is 0.170. The molecule has 2 N–H and O–H groups in total. The Balaban J connectivity index is 1.71. The van der Waals surface area contributed by atoms with Crippen molar-refractivity contribution in [3.63, 3.8) is 0 Å². The van der Waals surface area contributed by atoms with Crippen molar-refractivity contribution < 1.29 is 19.1 Å². The predicted molar refractivity (Wildman–Crippen MR) is 90.5 cm³/mol. The highest BCUT2D eigenvalue weighted by Crippen LogP contribution is 2.32. The maximum Gasteiger partial charge on any atom is 0.265 e. The Kier molecular flexibility index (Phi) is 4.37. The van der Waals surface area contributed by atoms with Gasteiger partial charge in [0, 0.05) is 11.3 Å². The van der Waals surface area contributed by atoms with Gasteiger partial charge < -0.3 is 20.1 Å². The standard InChI is InChI=1S/C18H18N2O4/c1-11-18(22)20-14-10-13(7-8-16(14)24-11)19-17(21)9-12-5-3-4-6-15(12)23-2/h3-8,10-11H,9H2,1-2H3,(H,19,21)(H,20,22)/t11-/m1/s1. The number of benzene rings is 2. The fourth-order valence-electron chi connectivity index (χ4n) is 2.51. The molecule has 6 heteroatoms. The molecule has 124 valence electrons. The average Bonchev–Trinajstić information content (AvgIpc) is 2.56. The van der Waals surface area contributed by atoms with Crippen LogP contribution in [0.1, 0.15) is 12.5 Å². The van der Waals surface area contributed by atoms with Crippen LogP contribution < -0.4 is 20.1 Å². The quantitative estimate of drug-likeness (QED) is 0.905. The maximum absolute atomic E-state index is 12.2. The van der Waals surface area contributed by atoms with Crippen LogP contribution in [0.3, 0.4) is 0 Å². The van der Waals surface area contributed by atoms with Crippen molar-refractivity contribution in [1.82, 2.24) is 0 Å². The van der Waals surface area contributed by atoms with Crippen LogP contribution in [0.2, 0.25) is 0 Å². The number of nitrogens with one attached hydrogen (secondary N) is 2. The number of rotatable bonds is 4. The highest BCUT2D eigenvalue weighted by molar-refractivity contribution is 5.99. The van der Waals surface area contributed by atoms with Crippen LogP contribution in [0, 0.1) is 0 Å². The molecule has 0 unspecified atom stereocenters. The van der Waals surface area contributed by atoms with E-state index in [4.69, 9.17) is 9.47 Å². The van der Waals surface area contributed by atoms with Crippen LogP contribution >= 0.6 is 0 Å². The van der Waals surface area contributed by atoms with E-state index in [-0.39, 0.29) is 18.2 Å². The van der Waals surface area contributed by atoms with Gasteiger partial charge in [-0.15, -0.1) is 0 Å². The molecule has 3 rings (SSSR count). The third-order valence-electron chi connectivity index (χ3n) is 3.74. The molecule has 0 radical (unpaired) electrons. The molecular weight excluding hydrogens is 308 g/mol. The number of fused-ring (bicyclic) bond motifs is 1.